The molecular formula is C36H47Br2N9O4. The zero-order valence-electron chi connectivity index (χ0n) is 29.3. The predicted molar refractivity (Wildman–Crippen MR) is 203 cm³/mol. The number of anilines is 1. The lowest BCUT2D eigenvalue weighted by atomic mass is 10.0. The van der Waals surface area contributed by atoms with Crippen LogP contribution in [0.25, 0.3) is 0 Å². The molecule has 0 spiro atoms. The summed E-state index contributed by atoms with van der Waals surface area (Å²) in [5.41, 5.74) is 2.67. The summed E-state index contributed by atoms with van der Waals surface area (Å²) in [6.07, 6.45) is 6.72. The van der Waals surface area contributed by atoms with Crippen LogP contribution in [0.15, 0.2) is 44.3 Å². The Morgan fingerprint density at radius 1 is 1.00 bits per heavy atom. The van der Waals surface area contributed by atoms with Gasteiger partial charge in [-0.2, -0.15) is 5.26 Å². The number of likely N-dealkylation sites (tertiary alicyclic amines) is 2. The van der Waals surface area contributed by atoms with E-state index >= 15 is 0 Å². The molecular weight excluding hydrogens is 782 g/mol. The number of nitrogens with one attached hydrogen (secondary N) is 2. The van der Waals surface area contributed by atoms with Gasteiger partial charge in [-0.25, -0.2) is 9.79 Å². The van der Waals surface area contributed by atoms with Gasteiger partial charge in [0.2, 0.25) is 11.9 Å². The fourth-order valence-corrected chi connectivity index (χ4v) is 8.99. The van der Waals surface area contributed by atoms with Gasteiger partial charge in [-0.05, 0) is 126 Å². The highest BCUT2D eigenvalue weighted by molar-refractivity contribution is 9.11. The number of phenols is 1. The number of benzene rings is 2. The highest BCUT2D eigenvalue weighted by atomic mass is 79.9. The van der Waals surface area contributed by atoms with Crippen molar-refractivity contribution in [1.82, 2.24) is 29.8 Å². The summed E-state index contributed by atoms with van der Waals surface area (Å²) in [4.78, 5) is 43.3. The van der Waals surface area contributed by atoms with E-state index in [1.807, 2.05) is 39.1 Å². The van der Waals surface area contributed by atoms with Crippen molar-refractivity contribution in [3.63, 3.8) is 0 Å². The molecule has 1 atom stereocenters. The van der Waals surface area contributed by atoms with E-state index in [1.165, 1.54) is 0 Å². The van der Waals surface area contributed by atoms with E-state index in [2.05, 4.69) is 59.3 Å². The SMILES string of the molecule is COc1ccc2c(c1)CCN(C1CCN(C(=N[C@H](Cc3cc(Br)c(O)c(Br)c3)C(=O)N3CCN(C4CCN(C)CC4)CC3)NC#N)CC1)C(=O)N2. The highest BCUT2D eigenvalue weighted by Crippen LogP contribution is 2.34. The molecule has 0 radical (unpaired) electrons. The van der Waals surface area contributed by atoms with Crippen molar-refractivity contribution in [2.45, 2.75) is 56.7 Å². The number of hydrogen-bond acceptors (Lipinski definition) is 8. The topological polar surface area (TPSA) is 140 Å². The fourth-order valence-electron chi connectivity index (χ4n) is 7.71. The van der Waals surface area contributed by atoms with Crippen LogP contribution in [0.4, 0.5) is 10.5 Å². The van der Waals surface area contributed by atoms with Gasteiger partial charge in [-0.1, -0.05) is 0 Å². The van der Waals surface area contributed by atoms with Crippen molar-refractivity contribution < 1.29 is 19.4 Å². The lowest BCUT2D eigenvalue weighted by molar-refractivity contribution is -0.134. The third-order valence-corrected chi connectivity index (χ3v) is 11.9. The molecule has 0 aromatic heterocycles. The largest absolute Gasteiger partial charge is 0.506 e. The number of carbonyl (C=O) groups is 2. The minimum atomic E-state index is -0.788. The average Bonchev–Trinajstić information content (AvgIpc) is 3.31. The van der Waals surface area contributed by atoms with E-state index in [1.54, 1.807) is 19.2 Å². The maximum Gasteiger partial charge on any atom is 0.322 e. The lowest BCUT2D eigenvalue weighted by Gasteiger charge is -2.42. The molecule has 3 fully saturated rings. The number of halogens is 2. The van der Waals surface area contributed by atoms with Gasteiger partial charge in [-0.15, -0.1) is 0 Å². The number of rotatable bonds is 7. The third kappa shape index (κ3) is 8.90. The second-order valence-electron chi connectivity index (χ2n) is 13.8. The van der Waals surface area contributed by atoms with Gasteiger partial charge in [0.05, 0.1) is 16.1 Å². The van der Waals surface area contributed by atoms with Gasteiger partial charge in [-0.3, -0.25) is 15.0 Å². The van der Waals surface area contributed by atoms with Crippen LogP contribution in [0.5, 0.6) is 11.5 Å². The van der Waals surface area contributed by atoms with Gasteiger partial charge < -0.3 is 34.8 Å². The molecule has 6 rings (SSSR count). The van der Waals surface area contributed by atoms with Gasteiger partial charge >= 0.3 is 6.03 Å². The molecule has 0 unspecified atom stereocenters. The van der Waals surface area contributed by atoms with Crippen LogP contribution in [-0.4, -0.2) is 139 Å². The number of guanidine groups is 1. The molecule has 13 nitrogen and oxygen atoms in total. The van der Waals surface area contributed by atoms with Crippen molar-refractivity contribution in [3.8, 4) is 17.7 Å². The van der Waals surface area contributed by atoms with Crippen LogP contribution < -0.4 is 15.4 Å². The quantitative estimate of drug-likeness (QED) is 0.163. The van der Waals surface area contributed by atoms with Gasteiger partial charge in [0.1, 0.15) is 17.5 Å². The Labute approximate surface area is 316 Å². The van der Waals surface area contributed by atoms with Crippen LogP contribution in [-0.2, 0) is 17.6 Å². The van der Waals surface area contributed by atoms with E-state index in [0.29, 0.717) is 72.9 Å². The molecule has 3 N–H and O–H groups in total. The van der Waals surface area contributed by atoms with E-state index in [9.17, 15) is 20.0 Å². The number of urea groups is 1. The molecule has 15 heteroatoms. The van der Waals surface area contributed by atoms with E-state index < -0.39 is 6.04 Å². The van der Waals surface area contributed by atoms with Crippen molar-refractivity contribution in [2.75, 3.05) is 78.4 Å². The first-order valence-electron chi connectivity index (χ1n) is 17.7. The van der Waals surface area contributed by atoms with Gasteiger partial charge in [0.15, 0.2) is 6.19 Å². The molecule has 0 aliphatic carbocycles. The third-order valence-electron chi connectivity index (χ3n) is 10.7. The molecule has 3 amide bonds. The Kier molecular flexibility index (Phi) is 12.3. The number of nitriles is 1. The second kappa shape index (κ2) is 16.8. The summed E-state index contributed by atoms with van der Waals surface area (Å²) in [5.74, 6) is 1.13. The number of piperazine rings is 1. The Morgan fingerprint density at radius 3 is 2.31 bits per heavy atom. The first kappa shape index (κ1) is 37.2. The Balaban J connectivity index is 1.16. The number of hydrogen-bond donors (Lipinski definition) is 3. The monoisotopic (exact) mass is 827 g/mol. The predicted octanol–water partition coefficient (Wildman–Crippen LogP) is 4.06. The number of nitrogens with zero attached hydrogens (tertiary/aromatic N) is 7. The van der Waals surface area contributed by atoms with Crippen molar-refractivity contribution in [3.05, 3.63) is 50.4 Å². The Hall–Kier alpha value is -3.58. The number of phenolic OH excluding ortho intramolecular Hbond substituents is 1. The van der Waals surface area contributed by atoms with E-state index in [0.717, 1.165) is 61.6 Å². The maximum atomic E-state index is 14.3. The average molecular weight is 830 g/mol. The van der Waals surface area contributed by atoms with Crippen LogP contribution in [0.2, 0.25) is 0 Å². The number of aliphatic imine (C=N–C) groups is 1. The van der Waals surface area contributed by atoms with Crippen LogP contribution >= 0.6 is 31.9 Å². The minimum absolute atomic E-state index is 0.0192. The van der Waals surface area contributed by atoms with Crippen LogP contribution in [0, 0.1) is 11.5 Å². The Morgan fingerprint density at radius 2 is 1.67 bits per heavy atom. The summed E-state index contributed by atoms with van der Waals surface area (Å²) in [5, 5.41) is 26.0. The number of amides is 3. The van der Waals surface area contributed by atoms with Crippen molar-refractivity contribution in [2.24, 2.45) is 4.99 Å². The molecule has 0 saturated carbocycles. The standard InChI is InChI=1S/C36H47Br2N9O4/c1-43-10-6-26(7-11-43)44-15-17-45(18-16-44)34(49)32(21-24-19-29(37)33(48)30(38)20-24)41-35(40-23-39)46-12-8-27(9-13-46)47-14-5-25-22-28(51-2)3-4-31(25)42-36(47)50/h3-4,19-20,22,26-27,32,48H,5-18,21H2,1-2H3,(H,40,41)(H,42,50)/t32-/m1/s1. The number of methoxy groups -OCH3 is 1. The normalized spacial score (nSPS) is 20.6. The summed E-state index contributed by atoms with van der Waals surface area (Å²) in [6.45, 7) is 6.82. The summed E-state index contributed by atoms with van der Waals surface area (Å²) >= 11 is 6.86. The van der Waals surface area contributed by atoms with Crippen molar-refractivity contribution >= 4 is 55.4 Å². The molecule has 2 aromatic carbocycles. The minimum Gasteiger partial charge on any atom is -0.506 e. The summed E-state index contributed by atoms with van der Waals surface area (Å²) in [6, 6.07) is 8.98. The summed E-state index contributed by atoms with van der Waals surface area (Å²) in [7, 11) is 3.80. The first-order valence-corrected chi connectivity index (χ1v) is 19.3. The molecule has 3 saturated heterocycles. The molecule has 0 bridgehead atoms. The molecule has 4 heterocycles. The number of piperidine rings is 2. The molecule has 51 heavy (non-hydrogen) atoms. The fraction of sp³-hybridized carbons (Fsp3) is 0.556. The zero-order chi connectivity index (χ0) is 36.1. The zero-order valence-corrected chi connectivity index (χ0v) is 32.5. The highest BCUT2D eigenvalue weighted by Gasteiger charge is 2.34. The number of fused-ring (bicyclic) bond motifs is 1. The first-order chi connectivity index (χ1) is 24.6. The summed E-state index contributed by atoms with van der Waals surface area (Å²) < 4.78 is 6.43. The lowest BCUT2D eigenvalue weighted by Crippen LogP contribution is -2.56. The van der Waals surface area contributed by atoms with Crippen LogP contribution in [0.3, 0.4) is 0 Å². The Bertz CT molecular complexity index is 1620. The van der Waals surface area contributed by atoms with Crippen molar-refractivity contribution in [1.29, 1.82) is 5.26 Å². The number of aromatic hydroxyl groups is 1. The van der Waals surface area contributed by atoms with E-state index in [-0.39, 0.29) is 30.2 Å². The van der Waals surface area contributed by atoms with Gasteiger partial charge in [0, 0.05) is 70.0 Å². The molecule has 4 aliphatic rings. The smallest absolute Gasteiger partial charge is 0.322 e. The second-order valence-corrected chi connectivity index (χ2v) is 15.5. The van der Waals surface area contributed by atoms with Crippen LogP contribution in [0.1, 0.15) is 36.8 Å². The molecule has 4 aliphatic heterocycles. The molecule has 2 aromatic rings. The number of ether oxygens (including phenoxy) is 1. The number of carbonyl (C=O) groups excluding carboxylic acids is 2. The van der Waals surface area contributed by atoms with Gasteiger partial charge in [0.25, 0.3) is 0 Å². The van der Waals surface area contributed by atoms with E-state index in [4.69, 9.17) is 9.73 Å². The maximum absolute atomic E-state index is 14.3. The molecule has 274 valence electrons.